The molecule has 1 fully saturated rings. The second kappa shape index (κ2) is 7.57. The van der Waals surface area contributed by atoms with Crippen LogP contribution in [0.15, 0.2) is 30.9 Å². The van der Waals surface area contributed by atoms with Gasteiger partial charge in [0.2, 0.25) is 0 Å². The van der Waals surface area contributed by atoms with Crippen molar-refractivity contribution >= 4 is 5.91 Å². The zero-order valence-electron chi connectivity index (χ0n) is 14.0. The molecule has 2 aromatic rings. The van der Waals surface area contributed by atoms with E-state index in [4.69, 9.17) is 0 Å². The smallest absolute Gasteiger partial charge is 0.251 e. The van der Waals surface area contributed by atoms with Crippen molar-refractivity contribution in [1.82, 2.24) is 20.1 Å². The molecular formula is C18H24N4O2. The summed E-state index contributed by atoms with van der Waals surface area (Å²) in [5.41, 5.74) is 2.51. The van der Waals surface area contributed by atoms with Gasteiger partial charge in [-0.1, -0.05) is 19.3 Å². The second-order valence-electron chi connectivity index (χ2n) is 6.50. The fourth-order valence-corrected chi connectivity index (χ4v) is 3.43. The van der Waals surface area contributed by atoms with Crippen molar-refractivity contribution in [3.8, 4) is 5.69 Å². The number of carbonyl (C=O) groups excluding carboxylic acids is 1. The highest BCUT2D eigenvalue weighted by Gasteiger charge is 2.25. The maximum Gasteiger partial charge on any atom is 0.251 e. The van der Waals surface area contributed by atoms with Crippen LogP contribution in [0.2, 0.25) is 0 Å². The summed E-state index contributed by atoms with van der Waals surface area (Å²) >= 11 is 0. The minimum atomic E-state index is -0.0754. The van der Waals surface area contributed by atoms with E-state index in [1.807, 2.05) is 25.1 Å². The topological polar surface area (TPSA) is 80.0 Å². The minimum Gasteiger partial charge on any atom is -0.396 e. The lowest BCUT2D eigenvalue weighted by Gasteiger charge is -2.24. The van der Waals surface area contributed by atoms with E-state index in [1.165, 1.54) is 12.7 Å². The number of carbonyl (C=O) groups is 1. The molecule has 1 aliphatic carbocycles. The Kier molecular flexibility index (Phi) is 5.25. The lowest BCUT2D eigenvalue weighted by atomic mass is 9.95. The third-order valence-electron chi connectivity index (χ3n) is 4.83. The number of aliphatic hydroxyl groups excluding tert-OH is 1. The van der Waals surface area contributed by atoms with Crippen LogP contribution >= 0.6 is 0 Å². The summed E-state index contributed by atoms with van der Waals surface area (Å²) in [6.07, 6.45) is 8.45. The lowest BCUT2D eigenvalue weighted by molar-refractivity contribution is 0.0899. The fraction of sp³-hybridized carbons (Fsp3) is 0.500. The lowest BCUT2D eigenvalue weighted by Crippen LogP contribution is -2.41. The average molecular weight is 328 g/mol. The normalized spacial score (nSPS) is 21.2. The summed E-state index contributed by atoms with van der Waals surface area (Å²) in [7, 11) is 0. The molecule has 2 unspecified atom stereocenters. The predicted octanol–water partition coefficient (Wildman–Crippen LogP) is 2.25. The molecule has 1 aromatic heterocycles. The monoisotopic (exact) mass is 328 g/mol. The molecule has 1 amide bonds. The van der Waals surface area contributed by atoms with E-state index in [-0.39, 0.29) is 24.5 Å². The molecule has 1 aliphatic rings. The first kappa shape index (κ1) is 16.6. The quantitative estimate of drug-likeness (QED) is 0.844. The first-order valence-corrected chi connectivity index (χ1v) is 8.56. The second-order valence-corrected chi connectivity index (χ2v) is 6.50. The Labute approximate surface area is 141 Å². The number of benzene rings is 1. The predicted molar refractivity (Wildman–Crippen MR) is 91.0 cm³/mol. The van der Waals surface area contributed by atoms with Crippen molar-refractivity contribution in [2.24, 2.45) is 5.92 Å². The highest BCUT2D eigenvalue weighted by molar-refractivity contribution is 5.94. The van der Waals surface area contributed by atoms with Crippen molar-refractivity contribution in [1.29, 1.82) is 0 Å². The molecule has 0 radical (unpaired) electrons. The van der Waals surface area contributed by atoms with E-state index < -0.39 is 0 Å². The van der Waals surface area contributed by atoms with Gasteiger partial charge in [0.25, 0.3) is 5.91 Å². The number of rotatable bonds is 4. The van der Waals surface area contributed by atoms with Gasteiger partial charge in [0.15, 0.2) is 0 Å². The maximum atomic E-state index is 12.6. The Morgan fingerprint density at radius 1 is 1.33 bits per heavy atom. The summed E-state index contributed by atoms with van der Waals surface area (Å²) in [5, 5.41) is 16.8. The number of aryl methyl sites for hydroxylation is 1. The number of aliphatic hydroxyl groups is 1. The van der Waals surface area contributed by atoms with Gasteiger partial charge in [-0.05, 0) is 43.5 Å². The molecule has 0 bridgehead atoms. The third-order valence-corrected chi connectivity index (χ3v) is 4.83. The van der Waals surface area contributed by atoms with Gasteiger partial charge in [0.05, 0.1) is 5.69 Å². The molecular weight excluding hydrogens is 304 g/mol. The van der Waals surface area contributed by atoms with Crippen LogP contribution in [0.4, 0.5) is 0 Å². The molecule has 6 heteroatoms. The highest BCUT2D eigenvalue weighted by Crippen LogP contribution is 2.24. The van der Waals surface area contributed by atoms with E-state index in [0.29, 0.717) is 5.56 Å². The van der Waals surface area contributed by atoms with Gasteiger partial charge < -0.3 is 10.4 Å². The van der Waals surface area contributed by atoms with Gasteiger partial charge in [0.1, 0.15) is 12.7 Å². The number of hydrogen-bond donors (Lipinski definition) is 2. The number of nitrogens with one attached hydrogen (secondary N) is 1. The minimum absolute atomic E-state index is 0.0558. The van der Waals surface area contributed by atoms with E-state index in [1.54, 1.807) is 11.0 Å². The molecule has 3 rings (SSSR count). The number of amides is 1. The van der Waals surface area contributed by atoms with Gasteiger partial charge in [-0.2, -0.15) is 5.10 Å². The SMILES string of the molecule is Cc1cc(C(=O)NC2CCCCCC2CO)ccc1-n1cncn1. The van der Waals surface area contributed by atoms with E-state index in [2.05, 4.69) is 15.4 Å². The van der Waals surface area contributed by atoms with Crippen LogP contribution in [-0.2, 0) is 0 Å². The molecule has 1 saturated carbocycles. The number of nitrogens with zero attached hydrogens (tertiary/aromatic N) is 3. The Morgan fingerprint density at radius 3 is 2.88 bits per heavy atom. The molecule has 0 spiro atoms. The van der Waals surface area contributed by atoms with E-state index in [0.717, 1.165) is 36.9 Å². The van der Waals surface area contributed by atoms with Crippen LogP contribution in [0, 0.1) is 12.8 Å². The third kappa shape index (κ3) is 3.64. The van der Waals surface area contributed by atoms with Crippen molar-refractivity contribution in [2.75, 3.05) is 6.61 Å². The molecule has 1 heterocycles. The molecule has 24 heavy (non-hydrogen) atoms. The molecule has 0 aliphatic heterocycles. The van der Waals surface area contributed by atoms with Crippen molar-refractivity contribution < 1.29 is 9.90 Å². The molecule has 2 N–H and O–H groups in total. The Morgan fingerprint density at radius 2 is 2.17 bits per heavy atom. The molecule has 128 valence electrons. The Balaban J connectivity index is 1.74. The standard InChI is InChI=1S/C18H24N4O2/c1-13-9-14(7-8-17(13)22-12-19-11-20-22)18(24)21-16-6-4-2-3-5-15(16)10-23/h7-9,11-12,15-16,23H,2-6,10H2,1H3,(H,21,24). The molecule has 1 aromatic carbocycles. The molecule has 6 nitrogen and oxygen atoms in total. The average Bonchev–Trinajstić information content (AvgIpc) is 3.02. The number of aromatic nitrogens is 3. The van der Waals surface area contributed by atoms with Gasteiger partial charge in [-0.3, -0.25) is 4.79 Å². The first-order valence-electron chi connectivity index (χ1n) is 8.56. The molecule has 0 saturated heterocycles. The Bertz CT molecular complexity index is 684. The van der Waals surface area contributed by atoms with E-state index in [9.17, 15) is 9.90 Å². The zero-order valence-corrected chi connectivity index (χ0v) is 14.0. The van der Waals surface area contributed by atoms with Crippen molar-refractivity contribution in [2.45, 2.75) is 45.1 Å². The van der Waals surface area contributed by atoms with Crippen LogP contribution in [0.1, 0.15) is 48.0 Å². The fourth-order valence-electron chi connectivity index (χ4n) is 3.43. The number of hydrogen-bond acceptors (Lipinski definition) is 4. The first-order chi connectivity index (χ1) is 11.7. The van der Waals surface area contributed by atoms with Gasteiger partial charge in [-0.25, -0.2) is 9.67 Å². The van der Waals surface area contributed by atoms with Crippen LogP contribution in [0.25, 0.3) is 5.69 Å². The van der Waals surface area contributed by atoms with Crippen LogP contribution in [0.5, 0.6) is 0 Å². The van der Waals surface area contributed by atoms with Gasteiger partial charge in [0, 0.05) is 24.1 Å². The van der Waals surface area contributed by atoms with E-state index >= 15 is 0 Å². The molecule has 2 atom stereocenters. The van der Waals surface area contributed by atoms with Crippen LogP contribution in [0.3, 0.4) is 0 Å². The van der Waals surface area contributed by atoms with Crippen molar-refractivity contribution in [3.63, 3.8) is 0 Å². The van der Waals surface area contributed by atoms with Gasteiger partial charge in [-0.15, -0.1) is 0 Å². The maximum absolute atomic E-state index is 12.6. The van der Waals surface area contributed by atoms with Crippen LogP contribution < -0.4 is 5.32 Å². The highest BCUT2D eigenvalue weighted by atomic mass is 16.3. The largest absolute Gasteiger partial charge is 0.396 e. The summed E-state index contributed by atoms with van der Waals surface area (Å²) in [6, 6.07) is 5.62. The Hall–Kier alpha value is -2.21. The van der Waals surface area contributed by atoms with Gasteiger partial charge >= 0.3 is 0 Å². The summed E-state index contributed by atoms with van der Waals surface area (Å²) in [4.78, 5) is 16.6. The summed E-state index contributed by atoms with van der Waals surface area (Å²) < 4.78 is 1.68. The van der Waals surface area contributed by atoms with Crippen molar-refractivity contribution in [3.05, 3.63) is 42.0 Å². The summed E-state index contributed by atoms with van der Waals surface area (Å²) in [5.74, 6) is 0.0839. The van der Waals surface area contributed by atoms with Crippen LogP contribution in [-0.4, -0.2) is 38.4 Å². The zero-order chi connectivity index (χ0) is 16.9. The summed E-state index contributed by atoms with van der Waals surface area (Å²) in [6.45, 7) is 2.09.